The fourth-order valence-corrected chi connectivity index (χ4v) is 4.53. The van der Waals surface area contributed by atoms with E-state index in [1.54, 1.807) is 12.1 Å². The van der Waals surface area contributed by atoms with Crippen LogP contribution in [0.2, 0.25) is 0 Å². The third-order valence-corrected chi connectivity index (χ3v) is 6.72. The van der Waals surface area contributed by atoms with Crippen molar-refractivity contribution in [2.24, 2.45) is 0 Å². The number of anilines is 2. The third-order valence-electron chi connectivity index (χ3n) is 5.26. The summed E-state index contributed by atoms with van der Waals surface area (Å²) in [6.45, 7) is 7.88. The highest BCUT2D eigenvalue weighted by atomic mass is 32.2. The molecule has 1 amide bonds. The highest BCUT2D eigenvalue weighted by molar-refractivity contribution is 7.89. The molecule has 0 radical (unpaired) electrons. The lowest BCUT2D eigenvalue weighted by Crippen LogP contribution is -2.28. The van der Waals surface area contributed by atoms with E-state index >= 15 is 0 Å². The number of benzene rings is 2. The Morgan fingerprint density at radius 1 is 1.03 bits per heavy atom. The van der Waals surface area contributed by atoms with Gasteiger partial charge in [-0.05, 0) is 74.2 Å². The lowest BCUT2D eigenvalue weighted by atomic mass is 10.1. The summed E-state index contributed by atoms with van der Waals surface area (Å²) in [6, 6.07) is 13.2. The third kappa shape index (κ3) is 5.54. The number of fused-ring (bicyclic) bond motifs is 1. The maximum absolute atomic E-state index is 12.6. The Morgan fingerprint density at radius 3 is 2.47 bits per heavy atom. The number of carbonyl (C=O) groups is 1. The molecule has 9 heteroatoms. The molecule has 3 N–H and O–H groups in total. The predicted octanol–water partition coefficient (Wildman–Crippen LogP) is 2.99. The standard InChI is InChI=1S/C23H28N4O4S/c1-4-27(5-2)18-7-9-20(16(3)14-18)25-23(29)12-13-24-32(30,31)19-8-10-21-17(15-19)6-11-22(28)26-21/h6-11,14-15,24H,4-5,12-13H2,1-3H3,(H,25,29)(H,26,28). The maximum Gasteiger partial charge on any atom is 0.248 e. The number of aromatic nitrogens is 1. The number of carbonyl (C=O) groups excluding carboxylic acids is 1. The SMILES string of the molecule is CCN(CC)c1ccc(NC(=O)CCNS(=O)(=O)c2ccc3[nH]c(=O)ccc3c2)c(C)c1. The van der Waals surface area contributed by atoms with Crippen LogP contribution in [0.1, 0.15) is 25.8 Å². The van der Waals surface area contributed by atoms with Crippen LogP contribution in [0.25, 0.3) is 10.9 Å². The average Bonchev–Trinajstić information content (AvgIpc) is 2.76. The summed E-state index contributed by atoms with van der Waals surface area (Å²) < 4.78 is 27.6. The number of hydrogen-bond acceptors (Lipinski definition) is 5. The van der Waals surface area contributed by atoms with Gasteiger partial charge in [0.1, 0.15) is 0 Å². The summed E-state index contributed by atoms with van der Waals surface area (Å²) in [7, 11) is -3.79. The van der Waals surface area contributed by atoms with E-state index in [0.29, 0.717) is 16.6 Å². The minimum atomic E-state index is -3.79. The van der Waals surface area contributed by atoms with E-state index in [4.69, 9.17) is 0 Å². The first kappa shape index (κ1) is 23.5. The van der Waals surface area contributed by atoms with Gasteiger partial charge in [0.25, 0.3) is 0 Å². The average molecular weight is 457 g/mol. The quantitative estimate of drug-likeness (QED) is 0.458. The van der Waals surface area contributed by atoms with Gasteiger partial charge in [0, 0.05) is 49.0 Å². The number of pyridine rings is 1. The van der Waals surface area contributed by atoms with Crippen LogP contribution in [0.4, 0.5) is 11.4 Å². The number of rotatable bonds is 9. The number of nitrogens with one attached hydrogen (secondary N) is 3. The van der Waals surface area contributed by atoms with Crippen molar-refractivity contribution in [3.63, 3.8) is 0 Å². The highest BCUT2D eigenvalue weighted by Gasteiger charge is 2.15. The van der Waals surface area contributed by atoms with Gasteiger partial charge in [-0.25, -0.2) is 13.1 Å². The van der Waals surface area contributed by atoms with Crippen LogP contribution in [-0.4, -0.2) is 38.9 Å². The van der Waals surface area contributed by atoms with Gasteiger partial charge in [0.05, 0.1) is 4.90 Å². The Hall–Kier alpha value is -3.17. The van der Waals surface area contributed by atoms with Gasteiger partial charge in [-0.3, -0.25) is 9.59 Å². The van der Waals surface area contributed by atoms with E-state index in [0.717, 1.165) is 24.3 Å². The Kier molecular flexibility index (Phi) is 7.32. The van der Waals surface area contributed by atoms with Crippen LogP contribution < -0.4 is 20.5 Å². The molecule has 0 unspecified atom stereocenters. The number of aromatic amines is 1. The first-order chi connectivity index (χ1) is 15.2. The molecule has 0 saturated carbocycles. The fraction of sp³-hybridized carbons (Fsp3) is 0.304. The van der Waals surface area contributed by atoms with Gasteiger partial charge < -0.3 is 15.2 Å². The molecule has 1 aromatic heterocycles. The molecule has 0 bridgehead atoms. The largest absolute Gasteiger partial charge is 0.372 e. The Balaban J connectivity index is 1.59. The Bertz CT molecular complexity index is 1280. The van der Waals surface area contributed by atoms with Gasteiger partial charge in [-0.2, -0.15) is 0 Å². The van der Waals surface area contributed by atoms with Crippen LogP contribution in [0, 0.1) is 6.92 Å². The maximum atomic E-state index is 12.6. The molecule has 0 aliphatic heterocycles. The van der Waals surface area contributed by atoms with Crippen molar-refractivity contribution in [3.05, 3.63) is 64.4 Å². The van der Waals surface area contributed by atoms with Crippen LogP contribution in [0.15, 0.2) is 58.2 Å². The van der Waals surface area contributed by atoms with Gasteiger partial charge in [-0.1, -0.05) is 0 Å². The van der Waals surface area contributed by atoms with E-state index in [2.05, 4.69) is 33.8 Å². The molecule has 1 heterocycles. The first-order valence-corrected chi connectivity index (χ1v) is 12.0. The molecule has 0 spiro atoms. The van der Waals surface area contributed by atoms with Crippen molar-refractivity contribution in [1.29, 1.82) is 0 Å². The van der Waals surface area contributed by atoms with Gasteiger partial charge >= 0.3 is 0 Å². The summed E-state index contributed by atoms with van der Waals surface area (Å²) in [5.74, 6) is -0.275. The zero-order chi connectivity index (χ0) is 23.3. The van der Waals surface area contributed by atoms with E-state index in [1.807, 2.05) is 25.1 Å². The van der Waals surface area contributed by atoms with E-state index < -0.39 is 10.0 Å². The van der Waals surface area contributed by atoms with Crippen LogP contribution in [-0.2, 0) is 14.8 Å². The second-order valence-electron chi connectivity index (χ2n) is 7.44. The van der Waals surface area contributed by atoms with Crippen LogP contribution in [0.5, 0.6) is 0 Å². The van der Waals surface area contributed by atoms with Crippen LogP contribution in [0.3, 0.4) is 0 Å². The molecule has 2 aromatic carbocycles. The number of aryl methyl sites for hydroxylation is 1. The lowest BCUT2D eigenvalue weighted by Gasteiger charge is -2.22. The van der Waals surface area contributed by atoms with E-state index in [9.17, 15) is 18.0 Å². The summed E-state index contributed by atoms with van der Waals surface area (Å²) in [4.78, 5) is 28.6. The summed E-state index contributed by atoms with van der Waals surface area (Å²) in [5.41, 5.74) is 3.04. The van der Waals surface area contributed by atoms with Gasteiger partial charge in [0.15, 0.2) is 0 Å². The molecule has 3 rings (SSSR count). The second-order valence-corrected chi connectivity index (χ2v) is 9.21. The van der Waals surface area contributed by atoms with Crippen LogP contribution >= 0.6 is 0 Å². The molecule has 3 aromatic rings. The summed E-state index contributed by atoms with van der Waals surface area (Å²) >= 11 is 0. The molecule has 0 aliphatic rings. The molecular weight excluding hydrogens is 428 g/mol. The van der Waals surface area contributed by atoms with E-state index in [-0.39, 0.29) is 29.3 Å². The van der Waals surface area contributed by atoms with Crippen molar-refractivity contribution < 1.29 is 13.2 Å². The predicted molar refractivity (Wildman–Crippen MR) is 128 cm³/mol. The van der Waals surface area contributed by atoms with Crippen molar-refractivity contribution in [2.45, 2.75) is 32.1 Å². The molecule has 0 atom stereocenters. The molecule has 170 valence electrons. The first-order valence-electron chi connectivity index (χ1n) is 10.5. The highest BCUT2D eigenvalue weighted by Crippen LogP contribution is 2.23. The normalized spacial score (nSPS) is 11.5. The molecule has 0 aliphatic carbocycles. The minimum absolute atomic E-state index is 0.00261. The zero-order valence-corrected chi connectivity index (χ0v) is 19.3. The van der Waals surface area contributed by atoms with Gasteiger partial charge in [0.2, 0.25) is 21.5 Å². The minimum Gasteiger partial charge on any atom is -0.372 e. The monoisotopic (exact) mass is 456 g/mol. The van der Waals surface area contributed by atoms with Crippen molar-refractivity contribution in [1.82, 2.24) is 9.71 Å². The molecular formula is C23H28N4O4S. The summed E-state index contributed by atoms with van der Waals surface area (Å²) in [6.07, 6.45) is -0.00261. The number of nitrogens with zero attached hydrogens (tertiary/aromatic N) is 1. The zero-order valence-electron chi connectivity index (χ0n) is 18.4. The van der Waals surface area contributed by atoms with Crippen molar-refractivity contribution in [2.75, 3.05) is 29.9 Å². The topological polar surface area (TPSA) is 111 Å². The molecule has 32 heavy (non-hydrogen) atoms. The van der Waals surface area contributed by atoms with Gasteiger partial charge in [-0.15, -0.1) is 0 Å². The Morgan fingerprint density at radius 2 is 1.78 bits per heavy atom. The number of amides is 1. The van der Waals surface area contributed by atoms with Crippen molar-refractivity contribution >= 4 is 38.2 Å². The second kappa shape index (κ2) is 9.97. The number of sulfonamides is 1. The molecule has 0 saturated heterocycles. The molecule has 0 fully saturated rings. The number of H-pyrrole nitrogens is 1. The smallest absolute Gasteiger partial charge is 0.248 e. The number of hydrogen-bond donors (Lipinski definition) is 3. The molecule has 8 nitrogen and oxygen atoms in total. The lowest BCUT2D eigenvalue weighted by molar-refractivity contribution is -0.116. The Labute approximate surface area is 187 Å². The fourth-order valence-electron chi connectivity index (χ4n) is 3.47. The van der Waals surface area contributed by atoms with Crippen molar-refractivity contribution in [3.8, 4) is 0 Å². The van der Waals surface area contributed by atoms with E-state index in [1.165, 1.54) is 18.2 Å². The summed E-state index contributed by atoms with van der Waals surface area (Å²) in [5, 5.41) is 3.45.